The fourth-order valence-electron chi connectivity index (χ4n) is 0.136. The van der Waals surface area contributed by atoms with E-state index in [4.69, 9.17) is 20.2 Å². The van der Waals surface area contributed by atoms with Gasteiger partial charge in [-0.2, -0.15) is 6.61 Å². The zero-order valence-corrected chi connectivity index (χ0v) is 7.83. The third-order valence-electron chi connectivity index (χ3n) is 0.401. The molecular formula is C4H9Cl2FeO2. The first kappa shape index (κ1) is 12.7. The molecule has 2 nitrogen and oxygen atoms in total. The van der Waals surface area contributed by atoms with Crippen LogP contribution in [0, 0.1) is 6.61 Å². The fourth-order valence-corrected chi connectivity index (χ4v) is 0.136. The standard InChI is InChI=1S/C4H9O2.2ClH.Fe/c1-5-3-4-6-2;;;/h3H,4H2,1-2H3;2*1H;/q-1;;;+3/p-2. The average molecular weight is 216 g/mol. The van der Waals surface area contributed by atoms with E-state index in [1.165, 1.54) is 0 Å². The summed E-state index contributed by atoms with van der Waals surface area (Å²) < 4.78 is 9.13. The first-order valence-electron chi connectivity index (χ1n) is 2.02. The van der Waals surface area contributed by atoms with E-state index in [-0.39, 0.29) is 13.1 Å². The Labute approximate surface area is 70.4 Å². The molecule has 5 heteroatoms. The van der Waals surface area contributed by atoms with Gasteiger partial charge >= 0.3 is 33.3 Å². The first-order valence-corrected chi connectivity index (χ1v) is 5.05. The molecule has 0 saturated carbocycles. The van der Waals surface area contributed by atoms with E-state index in [1.54, 1.807) is 20.8 Å². The van der Waals surface area contributed by atoms with Gasteiger partial charge in [0.05, 0.1) is 0 Å². The van der Waals surface area contributed by atoms with Crippen molar-refractivity contribution >= 4 is 20.2 Å². The Morgan fingerprint density at radius 3 is 2.00 bits per heavy atom. The van der Waals surface area contributed by atoms with Gasteiger partial charge in [0.1, 0.15) is 0 Å². The van der Waals surface area contributed by atoms with Gasteiger partial charge in [0.2, 0.25) is 0 Å². The summed E-state index contributed by atoms with van der Waals surface area (Å²) in [5.74, 6) is 0. The molecule has 0 aliphatic heterocycles. The van der Waals surface area contributed by atoms with Crippen molar-refractivity contribution in [3.63, 3.8) is 0 Å². The predicted octanol–water partition coefficient (Wildman–Crippen LogP) is 1.82. The van der Waals surface area contributed by atoms with Gasteiger partial charge in [0.25, 0.3) is 0 Å². The molecule has 0 atom stereocenters. The second kappa shape index (κ2) is 16.0. The summed E-state index contributed by atoms with van der Waals surface area (Å²) in [7, 11) is 12.7. The summed E-state index contributed by atoms with van der Waals surface area (Å²) in [6.07, 6.45) is 0. The van der Waals surface area contributed by atoms with Gasteiger partial charge in [-0.05, 0) is 7.11 Å². The van der Waals surface area contributed by atoms with Crippen LogP contribution in [0.2, 0.25) is 0 Å². The summed E-state index contributed by atoms with van der Waals surface area (Å²) in [5, 5.41) is 0. The number of halogens is 2. The van der Waals surface area contributed by atoms with Crippen LogP contribution in [-0.4, -0.2) is 20.8 Å². The van der Waals surface area contributed by atoms with Gasteiger partial charge < -0.3 is 9.47 Å². The van der Waals surface area contributed by atoms with E-state index in [2.05, 4.69) is 9.47 Å². The average Bonchev–Trinajstić information content (AvgIpc) is 1.86. The van der Waals surface area contributed by atoms with Crippen molar-refractivity contribution in [2.75, 3.05) is 20.8 Å². The van der Waals surface area contributed by atoms with E-state index in [0.29, 0.717) is 6.61 Å². The van der Waals surface area contributed by atoms with Crippen LogP contribution >= 0.6 is 20.2 Å². The van der Waals surface area contributed by atoms with Crippen LogP contribution in [0.4, 0.5) is 0 Å². The van der Waals surface area contributed by atoms with Crippen molar-refractivity contribution in [1.82, 2.24) is 0 Å². The molecule has 9 heavy (non-hydrogen) atoms. The molecule has 0 heterocycles. The molecule has 59 valence electrons. The van der Waals surface area contributed by atoms with Crippen molar-refractivity contribution in [3.05, 3.63) is 6.61 Å². The molecule has 0 unspecified atom stereocenters. The quantitative estimate of drug-likeness (QED) is 0.406. The van der Waals surface area contributed by atoms with Gasteiger partial charge in [-0.15, -0.1) is 0 Å². The van der Waals surface area contributed by atoms with Crippen LogP contribution in [0.3, 0.4) is 0 Å². The van der Waals surface area contributed by atoms with E-state index < -0.39 is 0 Å². The van der Waals surface area contributed by atoms with Gasteiger partial charge in [-0.25, -0.2) is 0 Å². The first-order chi connectivity index (χ1) is 4.33. The molecule has 0 aromatic carbocycles. The summed E-state index contributed by atoms with van der Waals surface area (Å²) in [5.41, 5.74) is 0. The van der Waals surface area contributed by atoms with Gasteiger partial charge in [0, 0.05) is 7.11 Å². The molecule has 0 aliphatic rings. The molecule has 0 spiro atoms. The number of hydrogen-bond acceptors (Lipinski definition) is 2. The maximum atomic E-state index is 4.76. The number of methoxy groups -OCH3 is 2. The van der Waals surface area contributed by atoms with E-state index >= 15 is 0 Å². The van der Waals surface area contributed by atoms with Gasteiger partial charge in [-0.3, -0.25) is 0 Å². The Balaban J connectivity index is 0. The van der Waals surface area contributed by atoms with Crippen LogP contribution in [0.25, 0.3) is 0 Å². The molecule has 0 radical (unpaired) electrons. The molecule has 0 aliphatic carbocycles. The fraction of sp³-hybridized carbons (Fsp3) is 0.750. The SMILES string of the molecule is CO[CH-]COC.[Cl][Fe+][Cl]. The number of rotatable bonds is 3. The zero-order valence-electron chi connectivity index (χ0n) is 5.21. The molecule has 0 aromatic heterocycles. The van der Waals surface area contributed by atoms with E-state index in [1.807, 2.05) is 0 Å². The zero-order chi connectivity index (χ0) is 7.54. The predicted molar refractivity (Wildman–Crippen MR) is 34.9 cm³/mol. The normalized spacial score (nSPS) is 8.00. The number of hydrogen-bond donors (Lipinski definition) is 0. The maximum absolute atomic E-state index is 4.76. The van der Waals surface area contributed by atoms with Crippen molar-refractivity contribution in [1.29, 1.82) is 0 Å². The van der Waals surface area contributed by atoms with Crippen LogP contribution in [0.1, 0.15) is 0 Å². The Hall–Kier alpha value is 1.02. The molecule has 0 N–H and O–H groups in total. The molecule has 0 fully saturated rings. The number of ether oxygens (including phenoxy) is 2. The molecule has 0 aromatic rings. The molecule has 0 amide bonds. The monoisotopic (exact) mass is 215 g/mol. The Bertz CT molecular complexity index is 35.7. The molecule has 0 bridgehead atoms. The van der Waals surface area contributed by atoms with Crippen molar-refractivity contribution in [2.45, 2.75) is 0 Å². The van der Waals surface area contributed by atoms with E-state index in [0.717, 1.165) is 0 Å². The minimum absolute atomic E-state index is 0.194. The summed E-state index contributed by atoms with van der Waals surface area (Å²) >= 11 is 0.194. The molecule has 0 saturated heterocycles. The second-order valence-electron chi connectivity index (χ2n) is 0.908. The van der Waals surface area contributed by atoms with Crippen LogP contribution in [0.5, 0.6) is 0 Å². The molecule has 0 rings (SSSR count). The third kappa shape index (κ3) is 27.5. The van der Waals surface area contributed by atoms with Crippen molar-refractivity contribution < 1.29 is 22.6 Å². The van der Waals surface area contributed by atoms with Crippen LogP contribution in [-0.2, 0) is 22.6 Å². The topological polar surface area (TPSA) is 18.5 Å². The summed E-state index contributed by atoms with van der Waals surface area (Å²) in [6, 6.07) is 0. The Morgan fingerprint density at radius 2 is 1.89 bits per heavy atom. The Morgan fingerprint density at radius 1 is 1.44 bits per heavy atom. The minimum atomic E-state index is 0.194. The second-order valence-corrected chi connectivity index (χ2v) is 2.73. The van der Waals surface area contributed by atoms with E-state index in [9.17, 15) is 0 Å². The summed E-state index contributed by atoms with van der Waals surface area (Å²) in [4.78, 5) is 0. The van der Waals surface area contributed by atoms with Gasteiger partial charge in [-0.1, -0.05) is 6.61 Å². The molecular weight excluding hydrogens is 207 g/mol. The third-order valence-corrected chi connectivity index (χ3v) is 0.401. The summed E-state index contributed by atoms with van der Waals surface area (Å²) in [6.45, 7) is 2.15. The van der Waals surface area contributed by atoms with Gasteiger partial charge in [0.15, 0.2) is 0 Å². The van der Waals surface area contributed by atoms with Crippen molar-refractivity contribution in [3.8, 4) is 0 Å². The Kier molecular flexibility index (Phi) is 22.5. The van der Waals surface area contributed by atoms with Crippen molar-refractivity contribution in [2.24, 2.45) is 0 Å². The van der Waals surface area contributed by atoms with Crippen LogP contribution in [0.15, 0.2) is 0 Å². The van der Waals surface area contributed by atoms with Crippen LogP contribution < -0.4 is 0 Å².